The average Bonchev–Trinajstić information content (AvgIpc) is 3.17. The Kier molecular flexibility index (Phi) is 6.82. The predicted molar refractivity (Wildman–Crippen MR) is 128 cm³/mol. The van der Waals surface area contributed by atoms with Gasteiger partial charge in [0.25, 0.3) is 5.56 Å². The molecule has 0 radical (unpaired) electrons. The summed E-state index contributed by atoms with van der Waals surface area (Å²) in [6, 6.07) is 8.32. The zero-order chi connectivity index (χ0) is 22.0. The minimum atomic E-state index is -0.246. The zero-order valence-electron chi connectivity index (χ0n) is 18.1. The fourth-order valence-corrected chi connectivity index (χ4v) is 5.74. The summed E-state index contributed by atoms with van der Waals surface area (Å²) in [7, 11) is 0. The maximum absolute atomic E-state index is 12.8. The summed E-state index contributed by atoms with van der Waals surface area (Å²) in [4.78, 5) is 33.2. The molecule has 4 rings (SSSR count). The summed E-state index contributed by atoms with van der Waals surface area (Å²) in [5.74, 6) is 0.970. The minimum absolute atomic E-state index is 0.0216. The van der Waals surface area contributed by atoms with Gasteiger partial charge in [-0.3, -0.25) is 9.59 Å². The van der Waals surface area contributed by atoms with E-state index < -0.39 is 0 Å². The molecule has 1 saturated carbocycles. The van der Waals surface area contributed by atoms with Gasteiger partial charge < -0.3 is 9.72 Å². The van der Waals surface area contributed by atoms with E-state index in [-0.39, 0.29) is 23.4 Å². The van der Waals surface area contributed by atoms with Crippen molar-refractivity contribution in [3.05, 3.63) is 45.6 Å². The molecule has 0 saturated heterocycles. The number of ether oxygens (including phenoxy) is 1. The molecule has 7 heteroatoms. The van der Waals surface area contributed by atoms with Crippen LogP contribution in [0.2, 0.25) is 0 Å². The summed E-state index contributed by atoms with van der Waals surface area (Å²) in [5.41, 5.74) is 3.00. The molecule has 2 unspecified atom stereocenters. The lowest BCUT2D eigenvalue weighted by molar-refractivity contribution is -0.147. The average molecular weight is 457 g/mol. The Morgan fingerprint density at radius 3 is 2.77 bits per heavy atom. The zero-order valence-corrected chi connectivity index (χ0v) is 19.8. The Morgan fingerprint density at radius 1 is 1.29 bits per heavy atom. The molecule has 2 aromatic heterocycles. The lowest BCUT2D eigenvalue weighted by Crippen LogP contribution is -2.25. The molecule has 3 aromatic rings. The highest BCUT2D eigenvalue weighted by atomic mass is 32.2. The van der Waals surface area contributed by atoms with Crippen LogP contribution in [0.3, 0.4) is 0 Å². The molecule has 0 aliphatic heterocycles. The molecule has 0 amide bonds. The molecule has 1 fully saturated rings. The first kappa shape index (κ1) is 22.1. The second-order valence-electron chi connectivity index (χ2n) is 8.65. The number of hydrogen-bond donors (Lipinski definition) is 1. The predicted octanol–water partition coefficient (Wildman–Crippen LogP) is 5.99. The van der Waals surface area contributed by atoms with Crippen LogP contribution in [0, 0.1) is 5.92 Å². The highest BCUT2D eigenvalue weighted by molar-refractivity contribution is 7.99. The summed E-state index contributed by atoms with van der Waals surface area (Å²) in [5, 5.41) is 3.03. The van der Waals surface area contributed by atoms with Crippen LogP contribution < -0.4 is 5.56 Å². The number of nitrogens with zero attached hydrogens (tertiary/aromatic N) is 1. The van der Waals surface area contributed by atoms with Gasteiger partial charge in [-0.2, -0.15) is 0 Å². The molecule has 2 heterocycles. The number of aromatic amines is 1. The van der Waals surface area contributed by atoms with Crippen molar-refractivity contribution in [1.82, 2.24) is 9.97 Å². The van der Waals surface area contributed by atoms with E-state index in [4.69, 9.17) is 4.74 Å². The lowest BCUT2D eigenvalue weighted by atomic mass is 9.89. The molecule has 2 atom stereocenters. The summed E-state index contributed by atoms with van der Waals surface area (Å²) < 4.78 is 5.61. The van der Waals surface area contributed by atoms with E-state index in [9.17, 15) is 9.59 Å². The van der Waals surface area contributed by atoms with Gasteiger partial charge in [-0.15, -0.1) is 11.3 Å². The van der Waals surface area contributed by atoms with E-state index in [2.05, 4.69) is 55.0 Å². The smallest absolute Gasteiger partial charge is 0.316 e. The summed E-state index contributed by atoms with van der Waals surface area (Å²) in [6.07, 6.45) is 4.22. The molecule has 31 heavy (non-hydrogen) atoms. The first-order chi connectivity index (χ1) is 14.9. The van der Waals surface area contributed by atoms with E-state index in [0.29, 0.717) is 27.2 Å². The first-order valence-electron chi connectivity index (χ1n) is 10.8. The number of carbonyl (C=O) groups excluding carboxylic acids is 1. The third kappa shape index (κ3) is 5.21. The van der Waals surface area contributed by atoms with Crippen LogP contribution in [-0.4, -0.2) is 27.8 Å². The molecule has 0 bridgehead atoms. The number of esters is 1. The number of benzene rings is 1. The Hall–Kier alpha value is -2.12. The molecule has 1 aliphatic carbocycles. The number of thioether (sulfide) groups is 1. The molecule has 1 aliphatic rings. The maximum Gasteiger partial charge on any atom is 0.316 e. The van der Waals surface area contributed by atoms with Crippen LogP contribution in [0.5, 0.6) is 0 Å². The van der Waals surface area contributed by atoms with Gasteiger partial charge in [-0.1, -0.05) is 63.2 Å². The van der Waals surface area contributed by atoms with E-state index in [1.54, 1.807) is 0 Å². The number of nitrogens with one attached hydrogen (secondary N) is 1. The van der Waals surface area contributed by atoms with Crippen molar-refractivity contribution < 1.29 is 9.53 Å². The van der Waals surface area contributed by atoms with Gasteiger partial charge in [0.15, 0.2) is 5.16 Å². The normalized spacial score (nSPS) is 19.1. The van der Waals surface area contributed by atoms with Gasteiger partial charge >= 0.3 is 5.97 Å². The molecule has 1 aromatic carbocycles. The van der Waals surface area contributed by atoms with Crippen LogP contribution >= 0.6 is 23.1 Å². The monoisotopic (exact) mass is 456 g/mol. The van der Waals surface area contributed by atoms with E-state index in [0.717, 1.165) is 30.4 Å². The maximum atomic E-state index is 12.8. The van der Waals surface area contributed by atoms with E-state index in [1.807, 2.05) is 5.38 Å². The van der Waals surface area contributed by atoms with Gasteiger partial charge in [0.1, 0.15) is 10.9 Å². The van der Waals surface area contributed by atoms with Crippen molar-refractivity contribution in [3.63, 3.8) is 0 Å². The third-order valence-electron chi connectivity index (χ3n) is 5.82. The van der Waals surface area contributed by atoms with Crippen LogP contribution in [0.4, 0.5) is 0 Å². The second kappa shape index (κ2) is 9.57. The number of fused-ring (bicyclic) bond motifs is 1. The third-order valence-corrected chi connectivity index (χ3v) is 7.54. The number of aromatic nitrogens is 2. The highest BCUT2D eigenvalue weighted by Crippen LogP contribution is 2.32. The van der Waals surface area contributed by atoms with E-state index in [1.165, 1.54) is 35.1 Å². The Morgan fingerprint density at radius 2 is 2.06 bits per heavy atom. The largest absolute Gasteiger partial charge is 0.462 e. The molecular formula is C24H28N2O3S2. The Bertz CT molecular complexity index is 1120. The summed E-state index contributed by atoms with van der Waals surface area (Å²) in [6.45, 7) is 6.52. The second-order valence-corrected chi connectivity index (χ2v) is 10.5. The van der Waals surface area contributed by atoms with Crippen molar-refractivity contribution in [3.8, 4) is 11.1 Å². The highest BCUT2D eigenvalue weighted by Gasteiger charge is 2.22. The van der Waals surface area contributed by atoms with Crippen molar-refractivity contribution in [2.45, 2.75) is 63.6 Å². The SMILES string of the molecule is CC1CCCC(OC(=O)CSc2nc3scc(-c4ccc(C(C)C)cc4)c3c(=O)[nH]2)C1. The number of rotatable bonds is 6. The topological polar surface area (TPSA) is 72.0 Å². The quantitative estimate of drug-likeness (QED) is 0.280. The lowest BCUT2D eigenvalue weighted by Gasteiger charge is -2.26. The van der Waals surface area contributed by atoms with Crippen molar-refractivity contribution in [1.29, 1.82) is 0 Å². The van der Waals surface area contributed by atoms with Gasteiger partial charge in [-0.05, 0) is 42.2 Å². The van der Waals surface area contributed by atoms with Crippen LogP contribution in [-0.2, 0) is 9.53 Å². The van der Waals surface area contributed by atoms with Crippen LogP contribution in [0.25, 0.3) is 21.3 Å². The number of H-pyrrole nitrogens is 1. The number of hydrogen-bond acceptors (Lipinski definition) is 6. The first-order valence-corrected chi connectivity index (χ1v) is 12.7. The van der Waals surface area contributed by atoms with Crippen molar-refractivity contribution in [2.24, 2.45) is 5.92 Å². The van der Waals surface area contributed by atoms with Gasteiger partial charge in [-0.25, -0.2) is 4.98 Å². The van der Waals surface area contributed by atoms with E-state index >= 15 is 0 Å². The molecule has 1 N–H and O–H groups in total. The summed E-state index contributed by atoms with van der Waals surface area (Å²) >= 11 is 2.67. The van der Waals surface area contributed by atoms with Crippen molar-refractivity contribution >= 4 is 39.3 Å². The minimum Gasteiger partial charge on any atom is -0.462 e. The molecule has 164 valence electrons. The van der Waals surface area contributed by atoms with Crippen LogP contribution in [0.15, 0.2) is 39.6 Å². The number of carbonyl (C=O) groups is 1. The number of thiophene rings is 1. The standard InChI is InChI=1S/C24H28N2O3S2/c1-14(2)16-7-9-17(10-8-16)19-12-30-23-21(19)22(28)25-24(26-23)31-13-20(27)29-18-6-4-5-15(3)11-18/h7-10,12,14-15,18H,4-6,11,13H2,1-3H3,(H,25,26,28). The Labute approximate surface area is 190 Å². The fraction of sp³-hybridized carbons (Fsp3) is 0.458. The molecular weight excluding hydrogens is 428 g/mol. The molecule has 5 nitrogen and oxygen atoms in total. The fourth-order valence-electron chi connectivity index (χ4n) is 4.09. The molecule has 0 spiro atoms. The van der Waals surface area contributed by atoms with Gasteiger partial charge in [0.05, 0.1) is 11.1 Å². The van der Waals surface area contributed by atoms with Crippen LogP contribution in [0.1, 0.15) is 57.9 Å². The van der Waals surface area contributed by atoms with Gasteiger partial charge in [0.2, 0.25) is 0 Å². The van der Waals surface area contributed by atoms with Crippen molar-refractivity contribution in [2.75, 3.05) is 5.75 Å². The van der Waals surface area contributed by atoms with Gasteiger partial charge in [0, 0.05) is 10.9 Å². The Balaban J connectivity index is 1.46.